The summed E-state index contributed by atoms with van der Waals surface area (Å²) in [6.07, 6.45) is 4.67. The number of amidine groups is 1. The van der Waals surface area contributed by atoms with E-state index < -0.39 is 11.8 Å². The van der Waals surface area contributed by atoms with Gasteiger partial charge < -0.3 is 0 Å². The summed E-state index contributed by atoms with van der Waals surface area (Å²) < 4.78 is 0. The van der Waals surface area contributed by atoms with E-state index in [2.05, 4.69) is 10.4 Å². The summed E-state index contributed by atoms with van der Waals surface area (Å²) >= 11 is 1.01. The predicted octanol–water partition coefficient (Wildman–Crippen LogP) is 2.28. The van der Waals surface area contributed by atoms with Crippen molar-refractivity contribution in [1.29, 1.82) is 5.41 Å². The minimum absolute atomic E-state index is 0.0420. The zero-order valence-electron chi connectivity index (χ0n) is 11.9. The van der Waals surface area contributed by atoms with Gasteiger partial charge in [-0.05, 0) is 35.5 Å². The Morgan fingerprint density at radius 1 is 1.17 bits per heavy atom. The number of nitrogens with zero attached hydrogens (tertiary/aromatic N) is 2. The number of rotatable bonds is 3. The number of hydrazine groups is 1. The Kier molecular flexibility index (Phi) is 4.20. The van der Waals surface area contributed by atoms with Crippen molar-refractivity contribution in [2.75, 3.05) is 0 Å². The maximum absolute atomic E-state index is 12.4. The molecule has 7 heteroatoms. The van der Waals surface area contributed by atoms with Gasteiger partial charge in [0.25, 0.3) is 11.8 Å². The van der Waals surface area contributed by atoms with E-state index in [0.717, 1.165) is 22.3 Å². The average Bonchev–Trinajstić information content (AvgIpc) is 2.84. The maximum Gasteiger partial charge on any atom is 0.285 e. The lowest BCUT2D eigenvalue weighted by Gasteiger charge is -2.15. The SMILES string of the molecule is N=C1S/C(=C\c2ccccc2)C(=O)N1NC(=O)c1ccncc1. The smallest absolute Gasteiger partial charge is 0.277 e. The summed E-state index contributed by atoms with van der Waals surface area (Å²) in [5.74, 6) is -0.890. The van der Waals surface area contributed by atoms with Crippen LogP contribution in [0.4, 0.5) is 0 Å². The first-order valence-electron chi connectivity index (χ1n) is 6.74. The van der Waals surface area contributed by atoms with Crippen LogP contribution in [-0.2, 0) is 4.79 Å². The standard InChI is InChI=1S/C16H12N4O2S/c17-16-20(19-14(21)12-6-8-18-9-7-12)15(22)13(23-16)10-11-4-2-1-3-5-11/h1-10,17H,(H,19,21)/b13-10-,17-16?. The van der Waals surface area contributed by atoms with Gasteiger partial charge in [-0.3, -0.25) is 25.4 Å². The van der Waals surface area contributed by atoms with E-state index >= 15 is 0 Å². The molecule has 1 aliphatic heterocycles. The van der Waals surface area contributed by atoms with Crippen molar-refractivity contribution in [3.8, 4) is 0 Å². The number of hydrogen-bond acceptors (Lipinski definition) is 5. The van der Waals surface area contributed by atoms with Crippen LogP contribution in [0.15, 0.2) is 59.8 Å². The number of aromatic nitrogens is 1. The molecule has 0 radical (unpaired) electrons. The van der Waals surface area contributed by atoms with E-state index in [-0.39, 0.29) is 5.17 Å². The Hall–Kier alpha value is -2.93. The Morgan fingerprint density at radius 2 is 1.87 bits per heavy atom. The lowest BCUT2D eigenvalue weighted by Crippen LogP contribution is -2.45. The summed E-state index contributed by atoms with van der Waals surface area (Å²) in [6, 6.07) is 12.4. The molecule has 2 amide bonds. The lowest BCUT2D eigenvalue weighted by molar-refractivity contribution is -0.123. The Balaban J connectivity index is 1.77. The first-order valence-corrected chi connectivity index (χ1v) is 7.55. The third-order valence-corrected chi connectivity index (χ3v) is 3.97. The van der Waals surface area contributed by atoms with Crippen LogP contribution in [0.1, 0.15) is 15.9 Å². The fraction of sp³-hybridized carbons (Fsp3) is 0. The highest BCUT2D eigenvalue weighted by molar-refractivity contribution is 8.18. The fourth-order valence-electron chi connectivity index (χ4n) is 1.96. The molecule has 2 heterocycles. The van der Waals surface area contributed by atoms with E-state index in [0.29, 0.717) is 10.5 Å². The van der Waals surface area contributed by atoms with Gasteiger partial charge in [0.15, 0.2) is 5.17 Å². The lowest BCUT2D eigenvalue weighted by atomic mass is 10.2. The fourth-order valence-corrected chi connectivity index (χ4v) is 2.76. The third kappa shape index (κ3) is 3.29. The van der Waals surface area contributed by atoms with Gasteiger partial charge in [-0.15, -0.1) is 0 Å². The molecule has 3 rings (SSSR count). The summed E-state index contributed by atoms with van der Waals surface area (Å²) in [6.45, 7) is 0. The second-order valence-electron chi connectivity index (χ2n) is 4.64. The van der Waals surface area contributed by atoms with Crippen LogP contribution in [-0.4, -0.2) is 27.0 Å². The highest BCUT2D eigenvalue weighted by Gasteiger charge is 2.33. The zero-order chi connectivity index (χ0) is 16.2. The molecule has 0 saturated carbocycles. The maximum atomic E-state index is 12.4. The molecule has 2 N–H and O–H groups in total. The Bertz CT molecular complexity index is 790. The monoisotopic (exact) mass is 324 g/mol. The summed E-state index contributed by atoms with van der Waals surface area (Å²) in [4.78, 5) is 28.7. The quantitative estimate of drug-likeness (QED) is 0.848. The molecule has 0 spiro atoms. The Labute approximate surface area is 136 Å². The van der Waals surface area contributed by atoms with Crippen molar-refractivity contribution in [3.63, 3.8) is 0 Å². The normalized spacial score (nSPS) is 16.0. The van der Waals surface area contributed by atoms with Crippen molar-refractivity contribution in [2.24, 2.45) is 0 Å². The molecule has 0 atom stereocenters. The van der Waals surface area contributed by atoms with Crippen molar-refractivity contribution in [3.05, 3.63) is 70.9 Å². The Morgan fingerprint density at radius 3 is 2.57 bits per heavy atom. The molecule has 1 aliphatic rings. The largest absolute Gasteiger partial charge is 0.285 e. The summed E-state index contributed by atoms with van der Waals surface area (Å²) in [5.41, 5.74) is 3.67. The third-order valence-electron chi connectivity index (χ3n) is 3.08. The summed E-state index contributed by atoms with van der Waals surface area (Å²) in [7, 11) is 0. The van der Waals surface area contributed by atoms with Gasteiger partial charge in [-0.1, -0.05) is 30.3 Å². The van der Waals surface area contributed by atoms with Crippen LogP contribution in [0, 0.1) is 5.41 Å². The molecular formula is C16H12N4O2S. The number of carbonyl (C=O) groups excluding carboxylic acids is 2. The van der Waals surface area contributed by atoms with Gasteiger partial charge in [0.1, 0.15) is 0 Å². The van der Waals surface area contributed by atoms with E-state index in [1.54, 1.807) is 6.08 Å². The predicted molar refractivity (Wildman–Crippen MR) is 88.3 cm³/mol. The van der Waals surface area contributed by atoms with Gasteiger partial charge >= 0.3 is 0 Å². The first-order chi connectivity index (χ1) is 11.1. The molecule has 1 aromatic carbocycles. The molecule has 0 bridgehead atoms. The van der Waals surface area contributed by atoms with Crippen LogP contribution in [0.3, 0.4) is 0 Å². The van der Waals surface area contributed by atoms with E-state index in [9.17, 15) is 9.59 Å². The van der Waals surface area contributed by atoms with Crippen LogP contribution < -0.4 is 5.43 Å². The molecule has 0 aliphatic carbocycles. The van der Waals surface area contributed by atoms with Gasteiger partial charge in [-0.2, -0.15) is 5.01 Å². The number of amides is 2. The highest BCUT2D eigenvalue weighted by Crippen LogP contribution is 2.30. The van der Waals surface area contributed by atoms with E-state index in [1.807, 2.05) is 30.3 Å². The average molecular weight is 324 g/mol. The van der Waals surface area contributed by atoms with Crippen molar-refractivity contribution in [2.45, 2.75) is 0 Å². The van der Waals surface area contributed by atoms with Crippen LogP contribution in [0.2, 0.25) is 0 Å². The number of benzene rings is 1. The molecule has 6 nitrogen and oxygen atoms in total. The van der Waals surface area contributed by atoms with Crippen LogP contribution >= 0.6 is 11.8 Å². The molecular weight excluding hydrogens is 312 g/mol. The van der Waals surface area contributed by atoms with Crippen LogP contribution in [0.25, 0.3) is 6.08 Å². The van der Waals surface area contributed by atoms with Crippen LogP contribution in [0.5, 0.6) is 0 Å². The molecule has 1 aromatic heterocycles. The number of pyridine rings is 1. The molecule has 23 heavy (non-hydrogen) atoms. The van der Waals surface area contributed by atoms with Gasteiger partial charge in [0.05, 0.1) is 4.91 Å². The van der Waals surface area contributed by atoms with E-state index in [4.69, 9.17) is 5.41 Å². The second-order valence-corrected chi connectivity index (χ2v) is 5.67. The summed E-state index contributed by atoms with van der Waals surface area (Å²) in [5, 5.41) is 8.79. The zero-order valence-corrected chi connectivity index (χ0v) is 12.7. The topological polar surface area (TPSA) is 86.2 Å². The number of nitrogens with one attached hydrogen (secondary N) is 2. The van der Waals surface area contributed by atoms with Gasteiger partial charge in [0.2, 0.25) is 0 Å². The molecule has 2 aromatic rings. The second kappa shape index (κ2) is 6.45. The van der Waals surface area contributed by atoms with Gasteiger partial charge in [-0.25, -0.2) is 0 Å². The minimum Gasteiger partial charge on any atom is -0.277 e. The molecule has 1 saturated heterocycles. The van der Waals surface area contributed by atoms with Crippen molar-refractivity contribution < 1.29 is 9.59 Å². The minimum atomic E-state index is -0.466. The van der Waals surface area contributed by atoms with E-state index in [1.165, 1.54) is 24.5 Å². The first kappa shape index (κ1) is 15.0. The number of thioether (sulfide) groups is 1. The van der Waals surface area contributed by atoms with Crippen molar-refractivity contribution in [1.82, 2.24) is 15.4 Å². The molecule has 114 valence electrons. The highest BCUT2D eigenvalue weighted by atomic mass is 32.2. The van der Waals surface area contributed by atoms with Gasteiger partial charge in [0, 0.05) is 18.0 Å². The molecule has 1 fully saturated rings. The number of hydrogen-bond donors (Lipinski definition) is 2. The number of carbonyl (C=O) groups is 2. The molecule has 0 unspecified atom stereocenters. The van der Waals surface area contributed by atoms with Crippen molar-refractivity contribution >= 4 is 34.8 Å².